The zero-order chi connectivity index (χ0) is 20.4. The summed E-state index contributed by atoms with van der Waals surface area (Å²) in [5.41, 5.74) is 1.05. The molecular formula is C23H25O5P. The molecule has 0 aliphatic heterocycles. The highest BCUT2D eigenvalue weighted by Gasteiger charge is 2.32. The maximum atomic E-state index is 13.4. The van der Waals surface area contributed by atoms with Crippen LogP contribution in [-0.2, 0) is 9.09 Å². The second-order valence-corrected chi connectivity index (χ2v) is 8.04. The minimum absolute atomic E-state index is 0.0459. The van der Waals surface area contributed by atoms with E-state index in [1.807, 2.05) is 42.5 Å². The molecule has 3 aromatic rings. The number of phosphoric ester groups is 1. The lowest BCUT2D eigenvalue weighted by atomic mass is 9.95. The maximum Gasteiger partial charge on any atom is 0.587 e. The van der Waals surface area contributed by atoms with Crippen molar-refractivity contribution in [3.8, 4) is 11.5 Å². The lowest BCUT2D eigenvalue weighted by molar-refractivity contribution is 0.190. The Morgan fingerprint density at radius 1 is 0.759 bits per heavy atom. The third-order valence-electron chi connectivity index (χ3n) is 4.34. The van der Waals surface area contributed by atoms with Crippen molar-refractivity contribution < 1.29 is 23.2 Å². The van der Waals surface area contributed by atoms with E-state index >= 15 is 0 Å². The molecule has 1 atom stereocenters. The number of phosphoric acid groups is 1. The summed E-state index contributed by atoms with van der Waals surface area (Å²) in [6.07, 6.45) is 1.31. The average Bonchev–Trinajstić information content (AvgIpc) is 2.76. The SMILES string of the molecule is O=P(OCC(CCCO)c1ccccc1)(Oc1ccccc1)Oc1ccccc1. The number of hydrogen-bond donors (Lipinski definition) is 1. The van der Waals surface area contributed by atoms with Gasteiger partial charge in [-0.3, -0.25) is 4.52 Å². The second-order valence-electron chi connectivity index (χ2n) is 6.53. The van der Waals surface area contributed by atoms with Gasteiger partial charge in [0, 0.05) is 12.5 Å². The molecular weight excluding hydrogens is 387 g/mol. The van der Waals surface area contributed by atoms with Gasteiger partial charge in [-0.1, -0.05) is 66.7 Å². The summed E-state index contributed by atoms with van der Waals surface area (Å²) in [7, 11) is -3.93. The van der Waals surface area contributed by atoms with Crippen molar-refractivity contribution in [1.82, 2.24) is 0 Å². The average molecular weight is 412 g/mol. The van der Waals surface area contributed by atoms with E-state index in [9.17, 15) is 9.67 Å². The van der Waals surface area contributed by atoms with Crippen LogP contribution in [0.2, 0.25) is 0 Å². The van der Waals surface area contributed by atoms with Crippen molar-refractivity contribution in [3.63, 3.8) is 0 Å². The summed E-state index contributed by atoms with van der Waals surface area (Å²) in [4.78, 5) is 0. The van der Waals surface area contributed by atoms with Crippen LogP contribution in [0.15, 0.2) is 91.0 Å². The molecule has 0 amide bonds. The number of aliphatic hydroxyl groups is 1. The lowest BCUT2D eigenvalue weighted by Crippen LogP contribution is -2.12. The molecule has 0 heterocycles. The molecule has 3 rings (SSSR count). The predicted octanol–water partition coefficient (Wildman–Crippen LogP) is 5.83. The molecule has 152 valence electrons. The van der Waals surface area contributed by atoms with Crippen molar-refractivity contribution in [2.45, 2.75) is 18.8 Å². The number of para-hydroxylation sites is 2. The Kier molecular flexibility index (Phi) is 7.88. The number of hydrogen-bond acceptors (Lipinski definition) is 5. The van der Waals surface area contributed by atoms with Crippen LogP contribution in [-0.4, -0.2) is 18.3 Å². The molecule has 0 aliphatic rings. The van der Waals surface area contributed by atoms with Crippen LogP contribution < -0.4 is 9.05 Å². The molecule has 1 unspecified atom stereocenters. The van der Waals surface area contributed by atoms with E-state index < -0.39 is 7.82 Å². The van der Waals surface area contributed by atoms with Crippen molar-refractivity contribution in [1.29, 1.82) is 0 Å². The molecule has 0 saturated carbocycles. The summed E-state index contributed by atoms with van der Waals surface area (Å²) in [6.45, 7) is 0.225. The molecule has 0 aliphatic carbocycles. The quantitative estimate of drug-likeness (QED) is 0.402. The van der Waals surface area contributed by atoms with Gasteiger partial charge >= 0.3 is 7.82 Å². The summed E-state index contributed by atoms with van der Waals surface area (Å²) in [5, 5.41) is 9.23. The van der Waals surface area contributed by atoms with Crippen molar-refractivity contribution in [2.24, 2.45) is 0 Å². The lowest BCUT2D eigenvalue weighted by Gasteiger charge is -2.22. The van der Waals surface area contributed by atoms with E-state index in [2.05, 4.69) is 0 Å². The Labute approximate surface area is 171 Å². The van der Waals surface area contributed by atoms with E-state index in [0.717, 1.165) is 5.56 Å². The fourth-order valence-corrected chi connectivity index (χ4v) is 4.15. The molecule has 0 radical (unpaired) electrons. The van der Waals surface area contributed by atoms with Crippen LogP contribution in [0.4, 0.5) is 0 Å². The highest BCUT2D eigenvalue weighted by molar-refractivity contribution is 7.49. The van der Waals surface area contributed by atoms with Crippen LogP contribution in [0, 0.1) is 0 Å². The first kappa shape index (κ1) is 21.1. The molecule has 0 bridgehead atoms. The minimum atomic E-state index is -3.93. The molecule has 0 fully saturated rings. The first-order chi connectivity index (χ1) is 14.2. The topological polar surface area (TPSA) is 65.0 Å². The first-order valence-corrected chi connectivity index (χ1v) is 11.0. The first-order valence-electron chi connectivity index (χ1n) is 9.58. The van der Waals surface area contributed by atoms with Crippen molar-refractivity contribution >= 4 is 7.82 Å². The van der Waals surface area contributed by atoms with Gasteiger partial charge in [0.2, 0.25) is 0 Å². The molecule has 29 heavy (non-hydrogen) atoms. The van der Waals surface area contributed by atoms with Gasteiger partial charge in [0.15, 0.2) is 0 Å². The molecule has 6 heteroatoms. The predicted molar refractivity (Wildman–Crippen MR) is 113 cm³/mol. The van der Waals surface area contributed by atoms with E-state index in [4.69, 9.17) is 13.6 Å². The van der Waals surface area contributed by atoms with Crippen LogP contribution in [0.1, 0.15) is 24.3 Å². The van der Waals surface area contributed by atoms with Crippen molar-refractivity contribution in [3.05, 3.63) is 96.6 Å². The number of benzene rings is 3. The van der Waals surface area contributed by atoms with Gasteiger partial charge in [0.25, 0.3) is 0 Å². The highest BCUT2D eigenvalue weighted by Crippen LogP contribution is 2.50. The minimum Gasteiger partial charge on any atom is -0.396 e. The van der Waals surface area contributed by atoms with Gasteiger partial charge in [0.1, 0.15) is 11.5 Å². The van der Waals surface area contributed by atoms with Gasteiger partial charge in [-0.2, -0.15) is 0 Å². The molecule has 3 aromatic carbocycles. The van der Waals surface area contributed by atoms with Crippen molar-refractivity contribution in [2.75, 3.05) is 13.2 Å². The largest absolute Gasteiger partial charge is 0.587 e. The number of aliphatic hydroxyl groups excluding tert-OH is 1. The smallest absolute Gasteiger partial charge is 0.396 e. The molecule has 5 nitrogen and oxygen atoms in total. The number of rotatable bonds is 11. The Balaban J connectivity index is 1.78. The highest BCUT2D eigenvalue weighted by atomic mass is 31.2. The molecule has 0 aromatic heterocycles. The zero-order valence-electron chi connectivity index (χ0n) is 16.1. The summed E-state index contributed by atoms with van der Waals surface area (Å²) >= 11 is 0. The fourth-order valence-electron chi connectivity index (χ4n) is 2.88. The third-order valence-corrected chi connectivity index (χ3v) is 5.67. The second kappa shape index (κ2) is 10.8. The van der Waals surface area contributed by atoms with Gasteiger partial charge in [-0.25, -0.2) is 4.57 Å². The van der Waals surface area contributed by atoms with Gasteiger partial charge in [-0.05, 0) is 42.7 Å². The molecule has 0 spiro atoms. The monoisotopic (exact) mass is 412 g/mol. The summed E-state index contributed by atoms with van der Waals surface area (Å²) < 4.78 is 30.5. The summed E-state index contributed by atoms with van der Waals surface area (Å²) in [5.74, 6) is 0.757. The van der Waals surface area contributed by atoms with E-state index in [0.29, 0.717) is 24.3 Å². The zero-order valence-corrected chi connectivity index (χ0v) is 17.0. The van der Waals surface area contributed by atoms with Crippen LogP contribution in [0.3, 0.4) is 0 Å². The molecule has 0 saturated heterocycles. The molecule has 1 N–H and O–H groups in total. The van der Waals surface area contributed by atoms with Crippen LogP contribution >= 0.6 is 7.82 Å². The van der Waals surface area contributed by atoms with E-state index in [1.54, 1.807) is 48.5 Å². The fraction of sp³-hybridized carbons (Fsp3) is 0.217. The Bertz CT molecular complexity index is 841. The standard InChI is InChI=1S/C23H25O5P/c24-18-10-13-21(20-11-4-1-5-12-20)19-26-29(25,27-22-14-6-2-7-15-22)28-23-16-8-3-9-17-23/h1-9,11-12,14-17,21,24H,10,13,18-19H2. The maximum absolute atomic E-state index is 13.4. The van der Waals surface area contributed by atoms with E-state index in [1.165, 1.54) is 0 Å². The van der Waals surface area contributed by atoms with Gasteiger partial charge in [0.05, 0.1) is 6.61 Å². The third kappa shape index (κ3) is 6.75. The van der Waals surface area contributed by atoms with Gasteiger partial charge in [-0.15, -0.1) is 0 Å². The van der Waals surface area contributed by atoms with Gasteiger partial charge < -0.3 is 14.2 Å². The normalized spacial score (nSPS) is 12.3. The Hall–Kier alpha value is -2.59. The van der Waals surface area contributed by atoms with Crippen LogP contribution in [0.5, 0.6) is 11.5 Å². The Morgan fingerprint density at radius 3 is 1.72 bits per heavy atom. The van der Waals surface area contributed by atoms with E-state index in [-0.39, 0.29) is 19.1 Å². The Morgan fingerprint density at radius 2 is 1.24 bits per heavy atom. The van der Waals surface area contributed by atoms with Crippen LogP contribution in [0.25, 0.3) is 0 Å². The summed E-state index contributed by atoms with van der Waals surface area (Å²) in [6, 6.07) is 27.5.